The average Bonchev–Trinajstić information content (AvgIpc) is 0.811. The Hall–Kier alpha value is 0.905. The van der Waals surface area contributed by atoms with E-state index in [-0.39, 0.29) is 35.0 Å². The first-order chi connectivity index (χ1) is 1.73. The Labute approximate surface area is 57.6 Å². The summed E-state index contributed by atoms with van der Waals surface area (Å²) in [6, 6.07) is 0. The molecular formula is H4BNaO4. The van der Waals surface area contributed by atoms with Crippen molar-refractivity contribution in [2.45, 2.75) is 0 Å². The second-order valence-corrected chi connectivity index (χ2v) is 0.326. The normalized spacial score (nSPS) is 4.50. The second kappa shape index (κ2) is 9.32. The van der Waals surface area contributed by atoms with E-state index >= 15 is 0 Å². The van der Waals surface area contributed by atoms with Crippen LogP contribution in [0, 0.1) is 0 Å². The second-order valence-electron chi connectivity index (χ2n) is 0.326. The molecule has 32 valence electrons. The molecule has 0 aliphatic carbocycles. The SMILES string of the molecule is O.[Na+].[O-]B(O)O. The Morgan fingerprint density at radius 2 is 1.33 bits per heavy atom. The van der Waals surface area contributed by atoms with E-state index in [1.165, 1.54) is 0 Å². The van der Waals surface area contributed by atoms with Crippen LogP contribution in [-0.4, -0.2) is 22.8 Å². The standard InChI is InChI=1S/BH2O3.Na.H2O/c2-1(3)4;;/h2-3H;;1H2/q-1;+1;. The molecule has 4 N–H and O–H groups in total. The Balaban J connectivity index is -0.0000000450. The van der Waals surface area contributed by atoms with E-state index in [9.17, 15) is 0 Å². The summed E-state index contributed by atoms with van der Waals surface area (Å²) in [5.41, 5.74) is 0. The molecule has 0 aromatic rings. The first-order valence-corrected chi connectivity index (χ1v) is 0.752. The van der Waals surface area contributed by atoms with E-state index in [2.05, 4.69) is 0 Å². The third-order valence-electron chi connectivity index (χ3n) is 0. The summed E-state index contributed by atoms with van der Waals surface area (Å²) in [5.74, 6) is 0. The topological polar surface area (TPSA) is 95.0 Å². The minimum atomic E-state index is -2.42. The molecule has 0 saturated carbocycles. The van der Waals surface area contributed by atoms with Crippen LogP contribution in [0.1, 0.15) is 0 Å². The number of hydrogen-bond acceptors (Lipinski definition) is 3. The van der Waals surface area contributed by atoms with Crippen molar-refractivity contribution in [2.75, 3.05) is 0 Å². The van der Waals surface area contributed by atoms with Gasteiger partial charge in [-0.15, -0.1) is 0 Å². The van der Waals surface area contributed by atoms with Crippen LogP contribution in [0.25, 0.3) is 0 Å². The summed E-state index contributed by atoms with van der Waals surface area (Å²) >= 11 is 0. The number of rotatable bonds is 0. The molecule has 0 aromatic carbocycles. The van der Waals surface area contributed by atoms with E-state index in [0.717, 1.165) is 0 Å². The molecule has 6 heavy (non-hydrogen) atoms. The van der Waals surface area contributed by atoms with Gasteiger partial charge in [0, 0.05) is 0 Å². The van der Waals surface area contributed by atoms with Crippen molar-refractivity contribution in [3.63, 3.8) is 0 Å². The monoisotopic (exact) mass is 102 g/mol. The van der Waals surface area contributed by atoms with Gasteiger partial charge >= 0.3 is 36.9 Å². The minimum Gasteiger partial charge on any atom is -0.832 e. The zero-order valence-corrected chi connectivity index (χ0v) is 5.38. The van der Waals surface area contributed by atoms with E-state index in [4.69, 9.17) is 15.1 Å². The largest absolute Gasteiger partial charge is 1.00 e. The van der Waals surface area contributed by atoms with Crippen molar-refractivity contribution >= 4 is 7.32 Å². The van der Waals surface area contributed by atoms with Gasteiger partial charge in [-0.05, 0) is 0 Å². The van der Waals surface area contributed by atoms with Gasteiger partial charge in [0.1, 0.15) is 0 Å². The third-order valence-corrected chi connectivity index (χ3v) is 0. The molecular weight excluding hydrogens is 97.8 g/mol. The van der Waals surface area contributed by atoms with Crippen LogP contribution in [-0.2, 0) is 0 Å². The van der Waals surface area contributed by atoms with Crippen molar-refractivity contribution in [2.24, 2.45) is 0 Å². The van der Waals surface area contributed by atoms with E-state index in [1.54, 1.807) is 0 Å². The van der Waals surface area contributed by atoms with Crippen molar-refractivity contribution in [1.29, 1.82) is 0 Å². The summed E-state index contributed by atoms with van der Waals surface area (Å²) in [6.07, 6.45) is 0. The molecule has 0 radical (unpaired) electrons. The minimum absolute atomic E-state index is 0. The van der Waals surface area contributed by atoms with Gasteiger partial charge < -0.3 is 20.5 Å². The zero-order valence-electron chi connectivity index (χ0n) is 3.38. The Kier molecular flexibility index (Phi) is 24.5. The maximum Gasteiger partial charge on any atom is 1.00 e. The van der Waals surface area contributed by atoms with Gasteiger partial charge in [-0.2, -0.15) is 0 Å². The van der Waals surface area contributed by atoms with E-state index in [0.29, 0.717) is 0 Å². The predicted molar refractivity (Wildman–Crippen MR) is 13.8 cm³/mol. The molecule has 0 heterocycles. The average molecular weight is 102 g/mol. The van der Waals surface area contributed by atoms with Gasteiger partial charge in [-0.3, -0.25) is 0 Å². The molecule has 0 saturated heterocycles. The maximum atomic E-state index is 8.64. The Bertz CT molecular complexity index is 12.3. The van der Waals surface area contributed by atoms with Crippen molar-refractivity contribution < 1.29 is 50.1 Å². The van der Waals surface area contributed by atoms with Crippen LogP contribution in [0.15, 0.2) is 0 Å². The predicted octanol–water partition coefficient (Wildman–Crippen LogP) is -6.50. The molecule has 0 amide bonds. The molecule has 6 heteroatoms. The van der Waals surface area contributed by atoms with Crippen LogP contribution < -0.4 is 34.6 Å². The summed E-state index contributed by atoms with van der Waals surface area (Å²) in [6.45, 7) is 0. The van der Waals surface area contributed by atoms with Gasteiger partial charge in [0.25, 0.3) is 0 Å². The molecule has 0 aromatic heterocycles. The number of hydrogen-bond donors (Lipinski definition) is 2. The first-order valence-electron chi connectivity index (χ1n) is 0.752. The summed E-state index contributed by atoms with van der Waals surface area (Å²) in [4.78, 5) is 0. The first kappa shape index (κ1) is 15.8. The molecule has 0 aliphatic heterocycles. The van der Waals surface area contributed by atoms with Crippen LogP contribution in [0.2, 0.25) is 0 Å². The summed E-state index contributed by atoms with van der Waals surface area (Å²) in [5, 5.41) is 22.8. The smallest absolute Gasteiger partial charge is 0.832 e. The molecule has 0 rings (SSSR count). The van der Waals surface area contributed by atoms with Crippen LogP contribution >= 0.6 is 0 Å². The quantitative estimate of drug-likeness (QED) is 0.297. The van der Waals surface area contributed by atoms with Crippen LogP contribution in [0.5, 0.6) is 0 Å². The van der Waals surface area contributed by atoms with Gasteiger partial charge in [-0.1, -0.05) is 0 Å². The van der Waals surface area contributed by atoms with E-state index in [1.807, 2.05) is 0 Å². The zero-order chi connectivity index (χ0) is 3.58. The molecule has 0 atom stereocenters. The molecule has 0 spiro atoms. The Morgan fingerprint density at radius 1 is 1.33 bits per heavy atom. The van der Waals surface area contributed by atoms with Crippen molar-refractivity contribution in [3.8, 4) is 0 Å². The fourth-order valence-electron chi connectivity index (χ4n) is 0. The molecule has 0 aliphatic rings. The van der Waals surface area contributed by atoms with Gasteiger partial charge in [0.2, 0.25) is 0 Å². The maximum absolute atomic E-state index is 8.64. The molecule has 0 unspecified atom stereocenters. The van der Waals surface area contributed by atoms with Gasteiger partial charge in [0.05, 0.1) is 0 Å². The van der Waals surface area contributed by atoms with Crippen molar-refractivity contribution in [1.82, 2.24) is 0 Å². The summed E-state index contributed by atoms with van der Waals surface area (Å²) < 4.78 is 0. The fourth-order valence-corrected chi connectivity index (χ4v) is 0. The Morgan fingerprint density at radius 3 is 1.33 bits per heavy atom. The van der Waals surface area contributed by atoms with Gasteiger partial charge in [0.15, 0.2) is 0 Å². The van der Waals surface area contributed by atoms with Crippen LogP contribution in [0.4, 0.5) is 0 Å². The molecule has 0 fully saturated rings. The van der Waals surface area contributed by atoms with Gasteiger partial charge in [-0.25, -0.2) is 0 Å². The van der Waals surface area contributed by atoms with Crippen molar-refractivity contribution in [3.05, 3.63) is 0 Å². The third kappa shape index (κ3) is 91.3. The van der Waals surface area contributed by atoms with Crippen LogP contribution in [0.3, 0.4) is 0 Å². The fraction of sp³-hybridized carbons (Fsp3) is 0. The van der Waals surface area contributed by atoms with E-state index < -0.39 is 7.32 Å². The molecule has 4 nitrogen and oxygen atoms in total. The molecule has 0 bridgehead atoms. The summed E-state index contributed by atoms with van der Waals surface area (Å²) in [7, 11) is -2.42.